The Hall–Kier alpha value is -1.31. The Labute approximate surface area is 156 Å². The maximum atomic E-state index is 12.2. The van der Waals surface area contributed by atoms with Gasteiger partial charge < -0.3 is 11.1 Å². The lowest BCUT2D eigenvalue weighted by molar-refractivity contribution is -0.118. The number of amides is 3. The van der Waals surface area contributed by atoms with Crippen molar-refractivity contribution in [1.82, 2.24) is 9.62 Å². The average molecular weight is 372 g/mol. The largest absolute Gasteiger partial charge is 0.370 e. The lowest BCUT2D eigenvalue weighted by atomic mass is 9.96. The molecule has 0 bridgehead atoms. The second-order valence-electron chi connectivity index (χ2n) is 7.18. The first-order valence-electron chi connectivity index (χ1n) is 9.30. The van der Waals surface area contributed by atoms with Gasteiger partial charge >= 0.3 is 6.03 Å². The summed E-state index contributed by atoms with van der Waals surface area (Å²) >= 11 is 4.30. The zero-order valence-corrected chi connectivity index (χ0v) is 16.4. The first-order chi connectivity index (χ1) is 11.8. The fraction of sp³-hybridized carbons (Fsp3) is 0.882. The molecule has 1 saturated carbocycles. The smallest absolute Gasteiger partial charge is 0.329 e. The number of hydrogen-bond donors (Lipinski definition) is 3. The number of primary amides is 1. The van der Waals surface area contributed by atoms with Crippen molar-refractivity contribution in [2.24, 2.45) is 16.0 Å². The van der Waals surface area contributed by atoms with Crippen LogP contribution in [0.4, 0.5) is 4.79 Å². The molecule has 25 heavy (non-hydrogen) atoms. The van der Waals surface area contributed by atoms with Gasteiger partial charge in [-0.3, -0.25) is 4.79 Å². The number of nitrogens with one attached hydrogen (secondary N) is 1. The molecule has 0 atom stereocenters. The van der Waals surface area contributed by atoms with Crippen LogP contribution >= 0.6 is 12.8 Å². The van der Waals surface area contributed by atoms with Crippen molar-refractivity contribution in [2.45, 2.75) is 89.8 Å². The van der Waals surface area contributed by atoms with E-state index in [1.807, 2.05) is 13.8 Å². The van der Waals surface area contributed by atoms with Crippen LogP contribution < -0.4 is 11.1 Å². The van der Waals surface area contributed by atoms with Gasteiger partial charge in [-0.25, -0.2) is 9.10 Å². The minimum atomic E-state index is -0.786. The molecule has 144 valence electrons. The standard InChI is InChI=1S/C17H33N5O2S/c1-17(2,21-20-14-10-6-5-7-11-14)22(25)16(24)19-13-9-4-3-8-12-15(18)23/h14,25H,3-13H2,1-2H3,(H2,18,23)(H,19,24). The summed E-state index contributed by atoms with van der Waals surface area (Å²) in [5, 5.41) is 11.6. The highest BCUT2D eigenvalue weighted by molar-refractivity contribution is 7.78. The van der Waals surface area contributed by atoms with E-state index < -0.39 is 5.66 Å². The molecule has 0 saturated heterocycles. The van der Waals surface area contributed by atoms with Gasteiger partial charge in [0.2, 0.25) is 5.91 Å². The molecule has 0 aromatic rings. The third-order valence-corrected chi connectivity index (χ3v) is 5.05. The van der Waals surface area contributed by atoms with Gasteiger partial charge in [-0.2, -0.15) is 10.2 Å². The molecular weight excluding hydrogens is 338 g/mol. The summed E-state index contributed by atoms with van der Waals surface area (Å²) in [5.41, 5.74) is 4.31. The number of hydrogen-bond acceptors (Lipinski definition) is 5. The number of thiol groups is 1. The van der Waals surface area contributed by atoms with Crippen molar-refractivity contribution < 1.29 is 9.59 Å². The summed E-state index contributed by atoms with van der Waals surface area (Å²) in [4.78, 5) is 22.8. The summed E-state index contributed by atoms with van der Waals surface area (Å²) < 4.78 is 1.30. The van der Waals surface area contributed by atoms with Gasteiger partial charge in [-0.15, -0.1) is 0 Å². The first-order valence-corrected chi connectivity index (χ1v) is 9.70. The molecule has 1 aliphatic carbocycles. The van der Waals surface area contributed by atoms with Crippen molar-refractivity contribution >= 4 is 24.8 Å². The molecular formula is C17H33N5O2S. The van der Waals surface area contributed by atoms with Crippen molar-refractivity contribution in [1.29, 1.82) is 0 Å². The van der Waals surface area contributed by atoms with Gasteiger partial charge in [0.1, 0.15) is 0 Å². The van der Waals surface area contributed by atoms with Crippen LogP contribution in [0.5, 0.6) is 0 Å². The third kappa shape index (κ3) is 9.09. The van der Waals surface area contributed by atoms with Gasteiger partial charge in [0.05, 0.1) is 6.04 Å². The van der Waals surface area contributed by atoms with E-state index in [1.54, 1.807) is 0 Å². The van der Waals surface area contributed by atoms with Crippen molar-refractivity contribution in [3.8, 4) is 0 Å². The second kappa shape index (κ2) is 11.3. The summed E-state index contributed by atoms with van der Waals surface area (Å²) in [7, 11) is 0. The van der Waals surface area contributed by atoms with E-state index in [1.165, 1.54) is 23.6 Å². The predicted octanol–water partition coefficient (Wildman–Crippen LogP) is 3.80. The topological polar surface area (TPSA) is 100 Å². The highest BCUT2D eigenvalue weighted by atomic mass is 32.1. The number of urea groups is 1. The molecule has 8 heteroatoms. The molecule has 3 N–H and O–H groups in total. The molecule has 0 heterocycles. The minimum absolute atomic E-state index is 0.261. The monoisotopic (exact) mass is 371 g/mol. The van der Waals surface area contributed by atoms with Crippen molar-refractivity contribution in [3.63, 3.8) is 0 Å². The zero-order valence-electron chi connectivity index (χ0n) is 15.5. The van der Waals surface area contributed by atoms with Crippen LogP contribution in [0.2, 0.25) is 0 Å². The van der Waals surface area contributed by atoms with E-state index in [9.17, 15) is 9.59 Å². The molecule has 0 unspecified atom stereocenters. The highest BCUT2D eigenvalue weighted by Gasteiger charge is 2.29. The Kier molecular flexibility index (Phi) is 9.85. The van der Waals surface area contributed by atoms with Crippen LogP contribution in [0.25, 0.3) is 0 Å². The Morgan fingerprint density at radius 3 is 2.44 bits per heavy atom. The van der Waals surface area contributed by atoms with Crippen LogP contribution in [0.15, 0.2) is 10.2 Å². The molecule has 1 rings (SSSR count). The van der Waals surface area contributed by atoms with E-state index in [4.69, 9.17) is 5.73 Å². The third-order valence-electron chi connectivity index (χ3n) is 4.38. The van der Waals surface area contributed by atoms with Crippen LogP contribution in [0, 0.1) is 0 Å². The van der Waals surface area contributed by atoms with Crippen molar-refractivity contribution in [2.75, 3.05) is 6.54 Å². The van der Waals surface area contributed by atoms with Gasteiger partial charge in [-0.1, -0.05) is 44.9 Å². The zero-order chi connectivity index (χ0) is 18.7. The quantitative estimate of drug-likeness (QED) is 0.309. The Balaban J connectivity index is 2.26. The number of carbonyl (C=O) groups is 2. The summed E-state index contributed by atoms with van der Waals surface area (Å²) in [6, 6.07) is 0.00582. The number of rotatable bonds is 10. The molecule has 1 fully saturated rings. The Morgan fingerprint density at radius 1 is 1.16 bits per heavy atom. The Bertz CT molecular complexity index is 450. The highest BCUT2D eigenvalue weighted by Crippen LogP contribution is 2.24. The van der Waals surface area contributed by atoms with Crippen LogP contribution in [-0.2, 0) is 4.79 Å². The summed E-state index contributed by atoms with van der Waals surface area (Å²) in [5.74, 6) is -0.261. The molecule has 0 aromatic carbocycles. The number of unbranched alkanes of at least 4 members (excludes halogenated alkanes) is 3. The molecule has 0 spiro atoms. The van der Waals surface area contributed by atoms with Crippen molar-refractivity contribution in [3.05, 3.63) is 0 Å². The molecule has 0 aliphatic heterocycles. The molecule has 1 aliphatic rings. The maximum absolute atomic E-state index is 12.2. The van der Waals surface area contributed by atoms with E-state index >= 15 is 0 Å². The number of nitrogens with two attached hydrogens (primary N) is 1. The lowest BCUT2D eigenvalue weighted by Gasteiger charge is -2.30. The fourth-order valence-corrected chi connectivity index (χ4v) is 2.87. The van der Waals surface area contributed by atoms with E-state index in [-0.39, 0.29) is 18.0 Å². The molecule has 7 nitrogen and oxygen atoms in total. The van der Waals surface area contributed by atoms with Gasteiger partial charge in [0.25, 0.3) is 0 Å². The first kappa shape index (κ1) is 21.7. The van der Waals surface area contributed by atoms with Gasteiger partial charge in [0.15, 0.2) is 5.66 Å². The maximum Gasteiger partial charge on any atom is 0.329 e. The minimum Gasteiger partial charge on any atom is -0.370 e. The second-order valence-corrected chi connectivity index (χ2v) is 7.58. The van der Waals surface area contributed by atoms with E-state index in [2.05, 4.69) is 28.4 Å². The van der Waals surface area contributed by atoms with Gasteiger partial charge in [-0.05, 0) is 39.5 Å². The number of carbonyl (C=O) groups excluding carboxylic acids is 2. The SMILES string of the molecule is CC(C)(N=NC1CCCCC1)N(S)C(=O)NCCCCCCC(N)=O. The fourth-order valence-electron chi connectivity index (χ4n) is 2.76. The molecule has 0 aromatic heterocycles. The number of azo groups is 1. The summed E-state index contributed by atoms with van der Waals surface area (Å²) in [6.07, 6.45) is 9.81. The van der Waals surface area contributed by atoms with E-state index in [0.717, 1.165) is 38.5 Å². The number of nitrogens with zero attached hydrogens (tertiary/aromatic N) is 3. The van der Waals surface area contributed by atoms with Gasteiger partial charge in [0, 0.05) is 13.0 Å². The molecule has 0 radical (unpaired) electrons. The Morgan fingerprint density at radius 2 is 1.80 bits per heavy atom. The average Bonchev–Trinajstić information content (AvgIpc) is 2.59. The van der Waals surface area contributed by atoms with E-state index in [0.29, 0.717) is 13.0 Å². The van der Waals surface area contributed by atoms with Crippen LogP contribution in [0.1, 0.15) is 78.1 Å². The lowest BCUT2D eigenvalue weighted by Crippen LogP contribution is -2.45. The molecule has 3 amide bonds. The van der Waals surface area contributed by atoms with Crippen LogP contribution in [-0.4, -0.2) is 34.5 Å². The normalized spacial score (nSPS) is 16.1. The summed E-state index contributed by atoms with van der Waals surface area (Å²) in [6.45, 7) is 4.23. The van der Waals surface area contributed by atoms with Crippen LogP contribution in [0.3, 0.4) is 0 Å². The predicted molar refractivity (Wildman–Crippen MR) is 102 cm³/mol.